The van der Waals surface area contributed by atoms with Crippen molar-refractivity contribution < 1.29 is 10.7 Å². The van der Waals surface area contributed by atoms with E-state index in [1.165, 1.54) is 49.4 Å². The summed E-state index contributed by atoms with van der Waals surface area (Å²) >= 11 is 3.51. The second-order valence-corrected chi connectivity index (χ2v) is 29.5. The minimum atomic E-state index is -0.371. The van der Waals surface area contributed by atoms with E-state index in [0.717, 1.165) is 122 Å². The van der Waals surface area contributed by atoms with Gasteiger partial charge >= 0.3 is 7.12 Å². The van der Waals surface area contributed by atoms with Gasteiger partial charge in [0.2, 0.25) is 0 Å². The van der Waals surface area contributed by atoms with Crippen molar-refractivity contribution in [1.29, 1.82) is 0 Å². The van der Waals surface area contributed by atoms with Crippen LogP contribution in [0.3, 0.4) is 0 Å². The Morgan fingerprint density at radius 3 is 0.973 bits per heavy atom. The predicted molar refractivity (Wildman–Crippen MR) is 465 cm³/mol. The molecule has 0 unspecified atom stereocenters. The summed E-state index contributed by atoms with van der Waals surface area (Å²) < 4.78 is 17.5. The molecule has 12 heteroatoms. The first kappa shape index (κ1) is 72.4. The van der Waals surface area contributed by atoms with Crippen LogP contribution in [0.1, 0.15) is 47.7 Å². The zero-order chi connectivity index (χ0) is 74.9. The monoisotopic (exact) mass is 1510 g/mol. The average Bonchev–Trinajstić information content (AvgIpc) is 1.58. The molecule has 0 radical (unpaired) electrons. The minimum Gasteiger partial charge on any atom is -0.399 e. The Hall–Kier alpha value is -12.8. The summed E-state index contributed by atoms with van der Waals surface area (Å²) in [5.74, 6) is 1.42. The van der Waals surface area contributed by atoms with Gasteiger partial charge in [0.25, 0.3) is 0 Å². The average molecular weight is 1510 g/mol. The van der Waals surface area contributed by atoms with E-state index in [-0.39, 0.29) is 27.2 Å². The molecule has 540 valence electrons. The van der Waals surface area contributed by atoms with Crippen LogP contribution in [0.2, 0.25) is 0 Å². The van der Waals surface area contributed by atoms with Gasteiger partial charge in [0.1, 0.15) is 4.60 Å². The summed E-state index contributed by atoms with van der Waals surface area (Å²) in [5.41, 5.74) is 26.0. The van der Waals surface area contributed by atoms with Crippen LogP contribution in [0, 0.1) is 13.8 Å². The second kappa shape index (κ2) is 31.0. The maximum absolute atomic E-state index is 6.24. The van der Waals surface area contributed by atoms with Crippen molar-refractivity contribution in [2.45, 2.75) is 60.2 Å². The Bertz CT molecular complexity index is 6320. The third kappa shape index (κ3) is 14.8. The van der Waals surface area contributed by atoms with Crippen molar-refractivity contribution in [2.24, 2.45) is 0 Å². The lowest BCUT2D eigenvalue weighted by atomic mass is 9.78. The molecule has 1 aliphatic rings. The summed E-state index contributed by atoms with van der Waals surface area (Å²) in [6.07, 6.45) is 0. The Morgan fingerprint density at radius 2 is 0.595 bits per heavy atom. The Balaban J connectivity index is 0.000000140. The molecule has 111 heavy (non-hydrogen) atoms. The molecular formula is C99H82BBrN8O2. The van der Waals surface area contributed by atoms with E-state index in [4.69, 9.17) is 34.5 Å². The summed E-state index contributed by atoms with van der Waals surface area (Å²) in [6, 6.07) is 122. The molecule has 12 aromatic carbocycles. The number of benzene rings is 12. The number of pyridine rings is 2. The maximum Gasteiger partial charge on any atom is 0.494 e. The molecule has 0 aliphatic carbocycles. The number of aryl methyl sites for hydroxylation is 2. The summed E-state index contributed by atoms with van der Waals surface area (Å²) in [5, 5.41) is 15.2. The highest BCUT2D eigenvalue weighted by Gasteiger charge is 2.51. The lowest BCUT2D eigenvalue weighted by Crippen LogP contribution is -2.41. The summed E-state index contributed by atoms with van der Waals surface area (Å²) in [7, 11) is -0.371. The van der Waals surface area contributed by atoms with Crippen LogP contribution in [0.4, 0.5) is 0 Å². The summed E-state index contributed by atoms with van der Waals surface area (Å²) in [4.78, 5) is 19.3. The van der Waals surface area contributed by atoms with Gasteiger partial charge in [0.05, 0.1) is 62.1 Å². The van der Waals surface area contributed by atoms with Crippen LogP contribution < -0.4 is 5.46 Å². The van der Waals surface area contributed by atoms with Gasteiger partial charge in [0.15, 0.2) is 11.6 Å². The molecule has 1 saturated heterocycles. The number of hydrogen-bond donors (Lipinski definition) is 0. The van der Waals surface area contributed by atoms with Gasteiger partial charge in [-0.25, -0.2) is 29.0 Å². The van der Waals surface area contributed by atoms with Crippen LogP contribution >= 0.6 is 15.9 Å². The SMILES string of the molecule is Brc1cc(-c2ccc(-c3ccccc3)cc2)nc(-c2ccccc2)n1.C.Cc1c(-c2ccc(-c3cc(-c4ccc(-c5ccccc5)cc4)nc(-c4ccccc4)n3)cc2)nn2c(-c3ccccc3)cc3ccccc3c12.Cc1c(-c2ccc(B3OC(C)(C)C(C)(C)O3)cc2)nn2c(-c3ccccc3)cc3ccccc3c12.[2HH]. The predicted octanol–water partition coefficient (Wildman–Crippen LogP) is 25.1. The lowest BCUT2D eigenvalue weighted by molar-refractivity contribution is 0.00578. The quantitative estimate of drug-likeness (QED) is 0.0880. The Labute approximate surface area is 658 Å². The highest BCUT2D eigenvalue weighted by molar-refractivity contribution is 9.10. The number of nitrogens with zero attached hydrogens (tertiary/aromatic N) is 8. The van der Waals surface area contributed by atoms with E-state index < -0.39 is 0 Å². The molecule has 0 amide bonds. The third-order valence-electron chi connectivity index (χ3n) is 21.1. The van der Waals surface area contributed by atoms with Crippen LogP contribution in [-0.2, 0) is 9.31 Å². The molecule has 0 bridgehead atoms. The van der Waals surface area contributed by atoms with Gasteiger partial charge in [-0.05, 0) is 120 Å². The Morgan fingerprint density at radius 1 is 0.306 bits per heavy atom. The van der Waals surface area contributed by atoms with Crippen molar-refractivity contribution in [3.63, 3.8) is 0 Å². The molecule has 0 N–H and O–H groups in total. The first-order chi connectivity index (χ1) is 53.7. The van der Waals surface area contributed by atoms with Crippen molar-refractivity contribution in [1.82, 2.24) is 39.2 Å². The molecule has 10 nitrogen and oxygen atoms in total. The van der Waals surface area contributed by atoms with E-state index >= 15 is 0 Å². The van der Waals surface area contributed by atoms with E-state index in [0.29, 0.717) is 5.82 Å². The topological polar surface area (TPSA) is 105 Å². The van der Waals surface area contributed by atoms with Crippen molar-refractivity contribution in [2.75, 3.05) is 0 Å². The van der Waals surface area contributed by atoms with Gasteiger partial charge in [-0.3, -0.25) is 0 Å². The zero-order valence-electron chi connectivity index (χ0n) is 61.8. The van der Waals surface area contributed by atoms with E-state index in [9.17, 15) is 0 Å². The van der Waals surface area contributed by atoms with Gasteiger partial charge in [-0.15, -0.1) is 0 Å². The molecule has 1 aliphatic heterocycles. The molecule has 7 heterocycles. The number of hydrogen-bond acceptors (Lipinski definition) is 8. The fourth-order valence-electron chi connectivity index (χ4n) is 14.5. The fourth-order valence-corrected chi connectivity index (χ4v) is 14.9. The first-order valence-corrected chi connectivity index (χ1v) is 37.9. The summed E-state index contributed by atoms with van der Waals surface area (Å²) in [6.45, 7) is 12.7. The largest absolute Gasteiger partial charge is 0.494 e. The number of aromatic nitrogens is 8. The standard InChI is InChI=1S/C46H32N4.C30H29BN2O2.C22H15BrN2.CH4.H2/c1-31-44(49-50-43(36-15-7-3-8-16-36)29-39-19-11-12-20-40(39)45(31)50)37-27-25-35(26-28-37)42-30-41(47-46(48-42)38-17-9-4-10-18-38)34-23-21-33(22-24-34)32-13-5-2-6-14-32;1-20-27(22-15-17-24(18-16-22)31-34-29(2,3)30(4,5)35-31)32-33-26(21-11-7-6-8-12-21)19-23-13-9-10-14-25(23)28(20)33;23-21-15-20(24-22(25-21)19-9-5-2-6-10-19)18-13-11-17(12-14-18)16-7-3-1-4-8-16;;/h2-30H,1H3;6-19H,1-5H3;1-15H;1H4;1H/i;;;;1+1. The second-order valence-electron chi connectivity index (χ2n) is 28.7. The molecule has 0 spiro atoms. The van der Waals surface area contributed by atoms with Crippen LogP contribution in [0.25, 0.3) is 156 Å². The maximum atomic E-state index is 6.24. The van der Waals surface area contributed by atoms with Gasteiger partial charge in [-0.2, -0.15) is 10.2 Å². The number of halogens is 1. The molecule has 0 saturated carbocycles. The van der Waals surface area contributed by atoms with Crippen LogP contribution in [0.5, 0.6) is 0 Å². The van der Waals surface area contributed by atoms with E-state index in [2.05, 4.69) is 344 Å². The lowest BCUT2D eigenvalue weighted by Gasteiger charge is -2.32. The molecule has 0 atom stereocenters. The smallest absolute Gasteiger partial charge is 0.399 e. The van der Waals surface area contributed by atoms with Crippen LogP contribution in [0.15, 0.2) is 356 Å². The molecule has 19 rings (SSSR count). The highest BCUT2D eigenvalue weighted by Crippen LogP contribution is 2.41. The highest BCUT2D eigenvalue weighted by atomic mass is 79.9. The van der Waals surface area contributed by atoms with Crippen LogP contribution in [-0.4, -0.2) is 57.5 Å². The fraction of sp³-hybridized carbons (Fsp3) is 0.0909. The molecule has 6 aromatic heterocycles. The zero-order valence-corrected chi connectivity index (χ0v) is 63.4. The van der Waals surface area contributed by atoms with Gasteiger partial charge < -0.3 is 9.31 Å². The molecule has 1 fully saturated rings. The van der Waals surface area contributed by atoms with E-state index in [1.54, 1.807) is 0 Å². The van der Waals surface area contributed by atoms with Crippen molar-refractivity contribution in [3.05, 3.63) is 368 Å². The van der Waals surface area contributed by atoms with Gasteiger partial charge in [0, 0.05) is 73.4 Å². The van der Waals surface area contributed by atoms with Gasteiger partial charge in [-0.1, -0.05) is 335 Å². The Kier molecular flexibility index (Phi) is 20.2. The van der Waals surface area contributed by atoms with Crippen molar-refractivity contribution >= 4 is 61.1 Å². The minimum absolute atomic E-state index is 0. The number of rotatable bonds is 12. The van der Waals surface area contributed by atoms with E-state index in [1.807, 2.05) is 78.9 Å². The number of fused-ring (bicyclic) bond motifs is 6. The molecular weight excluding hydrogens is 1420 g/mol. The molecule has 18 aromatic rings. The third-order valence-corrected chi connectivity index (χ3v) is 21.5. The van der Waals surface area contributed by atoms with Crippen molar-refractivity contribution in [3.8, 4) is 124 Å². The first-order valence-electron chi connectivity index (χ1n) is 37.1. The normalized spacial score (nSPS) is 12.8.